The number of rotatable bonds is 3. The number of hydrogen-bond acceptors (Lipinski definition) is 3. The van der Waals surface area contributed by atoms with Crippen LogP contribution in [0.4, 0.5) is 0 Å². The molecule has 0 saturated carbocycles. The average molecular weight is 212 g/mol. The molecule has 0 aliphatic carbocycles. The van der Waals surface area contributed by atoms with Crippen molar-refractivity contribution in [2.75, 3.05) is 39.3 Å². The summed E-state index contributed by atoms with van der Waals surface area (Å²) in [5.74, 6) is 0.918. The summed E-state index contributed by atoms with van der Waals surface area (Å²) in [6.07, 6.45) is 4.35. The quantitative estimate of drug-likeness (QED) is 0.758. The number of ether oxygens (including phenoxy) is 1. The maximum Gasteiger partial charge on any atom is 0.0700 e. The predicted molar refractivity (Wildman–Crippen MR) is 62.1 cm³/mol. The van der Waals surface area contributed by atoms with Crippen molar-refractivity contribution >= 4 is 0 Å². The van der Waals surface area contributed by atoms with Crippen LogP contribution in [0.15, 0.2) is 0 Å². The Hall–Kier alpha value is -0.120. The smallest absolute Gasteiger partial charge is 0.0700 e. The third-order valence-electron chi connectivity index (χ3n) is 3.65. The summed E-state index contributed by atoms with van der Waals surface area (Å²) in [6.45, 7) is 9.17. The van der Waals surface area contributed by atoms with Gasteiger partial charge in [0.05, 0.1) is 12.7 Å². The molecule has 0 radical (unpaired) electrons. The molecule has 2 rings (SSSR count). The minimum absolute atomic E-state index is 0.487. The van der Waals surface area contributed by atoms with E-state index >= 15 is 0 Å². The Morgan fingerprint density at radius 3 is 2.87 bits per heavy atom. The molecule has 3 heteroatoms. The van der Waals surface area contributed by atoms with Gasteiger partial charge in [-0.25, -0.2) is 0 Å². The Bertz CT molecular complexity index is 180. The molecule has 2 aliphatic heterocycles. The molecule has 1 N–H and O–H groups in total. The summed E-state index contributed by atoms with van der Waals surface area (Å²) in [4.78, 5) is 2.60. The number of morpholine rings is 1. The van der Waals surface area contributed by atoms with Gasteiger partial charge in [0.15, 0.2) is 0 Å². The highest BCUT2D eigenvalue weighted by Crippen LogP contribution is 2.16. The van der Waals surface area contributed by atoms with E-state index in [4.69, 9.17) is 4.74 Å². The zero-order valence-corrected chi connectivity index (χ0v) is 9.87. The fraction of sp³-hybridized carbons (Fsp3) is 1.00. The van der Waals surface area contributed by atoms with Crippen LogP contribution in [-0.4, -0.2) is 50.3 Å². The fourth-order valence-corrected chi connectivity index (χ4v) is 2.62. The number of nitrogens with zero attached hydrogens (tertiary/aromatic N) is 1. The van der Waals surface area contributed by atoms with E-state index in [1.807, 2.05) is 0 Å². The number of hydrogen-bond donors (Lipinski definition) is 1. The molecule has 0 aromatic carbocycles. The van der Waals surface area contributed by atoms with E-state index in [-0.39, 0.29) is 0 Å². The monoisotopic (exact) mass is 212 g/mol. The lowest BCUT2D eigenvalue weighted by Gasteiger charge is -2.35. The van der Waals surface area contributed by atoms with E-state index in [0.29, 0.717) is 6.10 Å². The Morgan fingerprint density at radius 2 is 2.13 bits per heavy atom. The van der Waals surface area contributed by atoms with Crippen molar-refractivity contribution < 1.29 is 4.74 Å². The zero-order chi connectivity index (χ0) is 10.5. The van der Waals surface area contributed by atoms with E-state index < -0.39 is 0 Å². The van der Waals surface area contributed by atoms with Gasteiger partial charge in [0.2, 0.25) is 0 Å². The van der Waals surface area contributed by atoms with Crippen molar-refractivity contribution in [3.05, 3.63) is 0 Å². The van der Waals surface area contributed by atoms with Crippen LogP contribution in [0.1, 0.15) is 26.2 Å². The molecular formula is C12H24N2O. The second kappa shape index (κ2) is 5.83. The van der Waals surface area contributed by atoms with Crippen LogP contribution in [0, 0.1) is 5.92 Å². The maximum absolute atomic E-state index is 5.69. The summed E-state index contributed by atoms with van der Waals surface area (Å²) in [6, 6.07) is 0. The second-order valence-electron chi connectivity index (χ2n) is 4.85. The standard InChI is InChI=1S/C12H24N2O/c1-2-12-10-14(7-8-15-12)9-11-3-5-13-6-4-11/h11-13H,2-10H2,1H3/t12-/m1/s1. The predicted octanol–water partition coefficient (Wildman–Crippen LogP) is 1.10. The minimum atomic E-state index is 0.487. The molecule has 0 bridgehead atoms. The van der Waals surface area contributed by atoms with Gasteiger partial charge in [0, 0.05) is 19.6 Å². The summed E-state index contributed by atoms with van der Waals surface area (Å²) in [7, 11) is 0. The molecule has 2 saturated heterocycles. The molecule has 3 nitrogen and oxygen atoms in total. The molecule has 1 atom stereocenters. The Labute approximate surface area is 93.2 Å². The summed E-state index contributed by atoms with van der Waals surface area (Å²) >= 11 is 0. The van der Waals surface area contributed by atoms with Crippen LogP contribution in [-0.2, 0) is 4.74 Å². The third kappa shape index (κ3) is 3.44. The molecule has 2 heterocycles. The van der Waals surface area contributed by atoms with E-state index in [2.05, 4.69) is 17.1 Å². The molecule has 15 heavy (non-hydrogen) atoms. The largest absolute Gasteiger partial charge is 0.376 e. The van der Waals surface area contributed by atoms with Gasteiger partial charge in [0.25, 0.3) is 0 Å². The van der Waals surface area contributed by atoms with Crippen molar-refractivity contribution in [3.8, 4) is 0 Å². The molecule has 2 aliphatic rings. The van der Waals surface area contributed by atoms with Gasteiger partial charge in [-0.2, -0.15) is 0 Å². The Kier molecular flexibility index (Phi) is 4.42. The van der Waals surface area contributed by atoms with Gasteiger partial charge in [-0.1, -0.05) is 6.92 Å². The van der Waals surface area contributed by atoms with Crippen LogP contribution in [0.25, 0.3) is 0 Å². The van der Waals surface area contributed by atoms with Crippen molar-refractivity contribution in [1.82, 2.24) is 10.2 Å². The molecule has 88 valence electrons. The van der Waals surface area contributed by atoms with E-state index in [0.717, 1.165) is 32.0 Å². The van der Waals surface area contributed by atoms with Gasteiger partial charge >= 0.3 is 0 Å². The fourth-order valence-electron chi connectivity index (χ4n) is 2.62. The number of nitrogens with one attached hydrogen (secondary N) is 1. The van der Waals surface area contributed by atoms with Crippen molar-refractivity contribution in [2.45, 2.75) is 32.3 Å². The maximum atomic E-state index is 5.69. The van der Waals surface area contributed by atoms with Crippen LogP contribution in [0.2, 0.25) is 0 Å². The minimum Gasteiger partial charge on any atom is -0.376 e. The lowest BCUT2D eigenvalue weighted by Crippen LogP contribution is -2.45. The van der Waals surface area contributed by atoms with Gasteiger partial charge in [-0.15, -0.1) is 0 Å². The number of piperidine rings is 1. The molecule has 2 fully saturated rings. The molecule has 0 amide bonds. The van der Waals surface area contributed by atoms with E-state index in [9.17, 15) is 0 Å². The topological polar surface area (TPSA) is 24.5 Å². The first-order valence-electron chi connectivity index (χ1n) is 6.43. The van der Waals surface area contributed by atoms with Crippen molar-refractivity contribution in [3.63, 3.8) is 0 Å². The van der Waals surface area contributed by atoms with Crippen LogP contribution in [0.3, 0.4) is 0 Å². The lowest BCUT2D eigenvalue weighted by atomic mass is 9.97. The first kappa shape index (κ1) is 11.4. The average Bonchev–Trinajstić information content (AvgIpc) is 2.31. The molecule has 0 aromatic heterocycles. The first-order chi connectivity index (χ1) is 7.38. The van der Waals surface area contributed by atoms with Crippen molar-refractivity contribution in [2.24, 2.45) is 5.92 Å². The highest BCUT2D eigenvalue weighted by molar-refractivity contribution is 4.76. The molecular weight excluding hydrogens is 188 g/mol. The van der Waals surface area contributed by atoms with Gasteiger partial charge in [-0.05, 0) is 38.3 Å². The Balaban J connectivity index is 1.72. The van der Waals surface area contributed by atoms with Gasteiger partial charge in [-0.3, -0.25) is 4.90 Å². The highest BCUT2D eigenvalue weighted by atomic mass is 16.5. The molecule has 0 aromatic rings. The first-order valence-corrected chi connectivity index (χ1v) is 6.43. The summed E-state index contributed by atoms with van der Waals surface area (Å²) in [5.41, 5.74) is 0. The van der Waals surface area contributed by atoms with E-state index in [1.54, 1.807) is 0 Å². The third-order valence-corrected chi connectivity index (χ3v) is 3.65. The SMILES string of the molecule is CC[C@@H]1CN(CC2CCNCC2)CCO1. The van der Waals surface area contributed by atoms with Crippen LogP contribution >= 0.6 is 0 Å². The molecule has 0 unspecified atom stereocenters. The summed E-state index contributed by atoms with van der Waals surface area (Å²) in [5, 5.41) is 3.43. The van der Waals surface area contributed by atoms with Gasteiger partial charge in [0.1, 0.15) is 0 Å². The highest BCUT2D eigenvalue weighted by Gasteiger charge is 2.22. The lowest BCUT2D eigenvalue weighted by molar-refractivity contribution is -0.0351. The van der Waals surface area contributed by atoms with Gasteiger partial charge < -0.3 is 10.1 Å². The Morgan fingerprint density at radius 1 is 1.33 bits per heavy atom. The van der Waals surface area contributed by atoms with E-state index in [1.165, 1.54) is 32.5 Å². The normalized spacial score (nSPS) is 30.6. The summed E-state index contributed by atoms with van der Waals surface area (Å²) < 4.78 is 5.69. The van der Waals surface area contributed by atoms with Crippen molar-refractivity contribution in [1.29, 1.82) is 0 Å². The zero-order valence-electron chi connectivity index (χ0n) is 9.87. The van der Waals surface area contributed by atoms with Crippen LogP contribution < -0.4 is 5.32 Å². The molecule has 0 spiro atoms. The van der Waals surface area contributed by atoms with Crippen LogP contribution in [0.5, 0.6) is 0 Å². The second-order valence-corrected chi connectivity index (χ2v) is 4.85.